The maximum atomic E-state index is 10.5. The predicted octanol–water partition coefficient (Wildman–Crippen LogP) is 2.01. The van der Waals surface area contributed by atoms with Crippen LogP contribution >= 0.6 is 0 Å². The van der Waals surface area contributed by atoms with Gasteiger partial charge in [-0.1, -0.05) is 5.16 Å². The van der Waals surface area contributed by atoms with E-state index in [9.17, 15) is 5.11 Å². The first-order valence-corrected chi connectivity index (χ1v) is 8.45. The molecule has 0 amide bonds. The number of aromatic nitrogens is 4. The van der Waals surface area contributed by atoms with Crippen LogP contribution in [0.15, 0.2) is 39.7 Å². The highest BCUT2D eigenvalue weighted by Gasteiger charge is 2.29. The van der Waals surface area contributed by atoms with Gasteiger partial charge in [0.1, 0.15) is 11.9 Å². The monoisotopic (exact) mass is 343 g/mol. The summed E-state index contributed by atoms with van der Waals surface area (Å²) in [5.74, 6) is 2.59. The summed E-state index contributed by atoms with van der Waals surface area (Å²) in [6.45, 7) is 2.41. The molecule has 0 aromatic carbocycles. The number of nitrogens with zero attached hydrogens (tertiary/aromatic N) is 5. The average molecular weight is 343 g/mol. The summed E-state index contributed by atoms with van der Waals surface area (Å²) in [4.78, 5) is 10.9. The van der Waals surface area contributed by atoms with Gasteiger partial charge in [-0.05, 0) is 44.0 Å². The van der Waals surface area contributed by atoms with E-state index in [1.807, 2.05) is 17.8 Å². The molecule has 0 aliphatic carbocycles. The quantitative estimate of drug-likeness (QED) is 0.757. The van der Waals surface area contributed by atoms with Gasteiger partial charge in [0.25, 0.3) is 5.89 Å². The fraction of sp³-hybridized carbons (Fsp3) is 0.471. The molecular formula is C17H21N5O3. The third kappa shape index (κ3) is 3.35. The molecule has 8 nitrogen and oxygen atoms in total. The van der Waals surface area contributed by atoms with E-state index < -0.39 is 6.10 Å². The Kier molecular flexibility index (Phi) is 4.37. The van der Waals surface area contributed by atoms with E-state index in [0.717, 1.165) is 31.8 Å². The molecule has 3 aromatic heterocycles. The van der Waals surface area contributed by atoms with Crippen LogP contribution in [0.4, 0.5) is 0 Å². The number of aryl methyl sites for hydroxylation is 1. The van der Waals surface area contributed by atoms with E-state index in [-0.39, 0.29) is 5.92 Å². The summed E-state index contributed by atoms with van der Waals surface area (Å²) in [6.07, 6.45) is 6.48. The first-order valence-electron chi connectivity index (χ1n) is 8.45. The third-order valence-corrected chi connectivity index (χ3v) is 4.77. The molecule has 8 heteroatoms. The second-order valence-electron chi connectivity index (χ2n) is 6.45. The van der Waals surface area contributed by atoms with E-state index in [4.69, 9.17) is 8.94 Å². The summed E-state index contributed by atoms with van der Waals surface area (Å²) in [7, 11) is 1.91. The highest BCUT2D eigenvalue weighted by molar-refractivity contribution is 5.42. The maximum Gasteiger partial charge on any atom is 0.293 e. The summed E-state index contributed by atoms with van der Waals surface area (Å²) >= 11 is 0. The molecule has 0 radical (unpaired) electrons. The lowest BCUT2D eigenvalue weighted by atomic mass is 9.90. The van der Waals surface area contributed by atoms with Gasteiger partial charge in [0.15, 0.2) is 11.6 Å². The van der Waals surface area contributed by atoms with Crippen molar-refractivity contribution in [2.45, 2.75) is 25.5 Å². The van der Waals surface area contributed by atoms with E-state index in [1.165, 1.54) is 0 Å². The number of rotatable bonds is 5. The first-order chi connectivity index (χ1) is 12.2. The van der Waals surface area contributed by atoms with Gasteiger partial charge in [0.05, 0.1) is 12.8 Å². The minimum absolute atomic E-state index is 0.223. The van der Waals surface area contributed by atoms with Crippen molar-refractivity contribution in [1.82, 2.24) is 24.6 Å². The van der Waals surface area contributed by atoms with Crippen molar-refractivity contribution < 1.29 is 14.0 Å². The Morgan fingerprint density at radius 3 is 2.88 bits per heavy atom. The minimum Gasteiger partial charge on any atom is -0.459 e. The van der Waals surface area contributed by atoms with Crippen molar-refractivity contribution >= 4 is 0 Å². The van der Waals surface area contributed by atoms with Crippen molar-refractivity contribution in [3.8, 4) is 11.7 Å². The fourth-order valence-electron chi connectivity index (χ4n) is 3.32. The smallest absolute Gasteiger partial charge is 0.293 e. The zero-order valence-electron chi connectivity index (χ0n) is 14.1. The largest absolute Gasteiger partial charge is 0.459 e. The normalized spacial score (nSPS) is 17.8. The molecule has 1 N–H and O–H groups in total. The Bertz CT molecular complexity index is 802. The van der Waals surface area contributed by atoms with Crippen LogP contribution in [0.1, 0.15) is 30.6 Å². The molecule has 132 valence electrons. The summed E-state index contributed by atoms with van der Waals surface area (Å²) in [6, 6.07) is 3.58. The van der Waals surface area contributed by atoms with Crippen LogP contribution < -0.4 is 0 Å². The lowest BCUT2D eigenvalue weighted by Gasteiger charge is -2.33. The molecule has 0 unspecified atom stereocenters. The number of aliphatic hydroxyl groups is 1. The van der Waals surface area contributed by atoms with Gasteiger partial charge < -0.3 is 18.6 Å². The Balaban J connectivity index is 1.33. The standard InChI is InChI=1S/C17H21N5O3/c1-21-9-6-18-16(21)15(23)12-4-7-22(8-5-12)11-14-19-17(25-20-14)13-3-2-10-24-13/h2-3,6,9-10,12,15,23H,4-5,7-8,11H2,1H3/t15-/m1/s1. The number of hydrogen-bond donors (Lipinski definition) is 1. The SMILES string of the molecule is Cn1ccnc1[C@H](O)C1CCN(Cc2noc(-c3ccco3)n2)CC1. The van der Waals surface area contributed by atoms with Crippen molar-refractivity contribution in [2.24, 2.45) is 13.0 Å². The Hall–Kier alpha value is -2.45. The zero-order valence-corrected chi connectivity index (χ0v) is 14.1. The topological polar surface area (TPSA) is 93.3 Å². The van der Waals surface area contributed by atoms with Gasteiger partial charge in [-0.2, -0.15) is 4.98 Å². The van der Waals surface area contributed by atoms with Crippen LogP contribution in [-0.4, -0.2) is 42.8 Å². The summed E-state index contributed by atoms with van der Waals surface area (Å²) in [5, 5.41) is 14.6. The molecule has 0 saturated carbocycles. The Morgan fingerprint density at radius 2 is 2.20 bits per heavy atom. The van der Waals surface area contributed by atoms with Crippen LogP contribution in [-0.2, 0) is 13.6 Å². The van der Waals surface area contributed by atoms with E-state index in [1.54, 1.807) is 24.6 Å². The highest BCUT2D eigenvalue weighted by Crippen LogP contribution is 2.30. The molecule has 1 atom stereocenters. The zero-order chi connectivity index (χ0) is 17.2. The second-order valence-corrected chi connectivity index (χ2v) is 6.45. The van der Waals surface area contributed by atoms with Crippen molar-refractivity contribution in [2.75, 3.05) is 13.1 Å². The van der Waals surface area contributed by atoms with Crippen LogP contribution in [0.3, 0.4) is 0 Å². The van der Waals surface area contributed by atoms with Crippen LogP contribution in [0.2, 0.25) is 0 Å². The second kappa shape index (κ2) is 6.81. The lowest BCUT2D eigenvalue weighted by Crippen LogP contribution is -2.35. The maximum absolute atomic E-state index is 10.5. The molecular weight excluding hydrogens is 322 g/mol. The van der Waals surface area contributed by atoms with E-state index >= 15 is 0 Å². The van der Waals surface area contributed by atoms with Crippen molar-refractivity contribution in [1.29, 1.82) is 0 Å². The van der Waals surface area contributed by atoms with Crippen LogP contribution in [0.25, 0.3) is 11.7 Å². The number of aliphatic hydroxyl groups excluding tert-OH is 1. The average Bonchev–Trinajstić information content (AvgIpc) is 3.36. The molecule has 0 bridgehead atoms. The number of hydrogen-bond acceptors (Lipinski definition) is 7. The molecule has 1 fully saturated rings. The summed E-state index contributed by atoms with van der Waals surface area (Å²) < 4.78 is 12.4. The van der Waals surface area contributed by atoms with Gasteiger partial charge in [0.2, 0.25) is 0 Å². The summed E-state index contributed by atoms with van der Waals surface area (Å²) in [5.41, 5.74) is 0. The van der Waals surface area contributed by atoms with Crippen LogP contribution in [0, 0.1) is 5.92 Å². The van der Waals surface area contributed by atoms with E-state index in [0.29, 0.717) is 24.0 Å². The van der Waals surface area contributed by atoms with Crippen molar-refractivity contribution in [3.05, 3.63) is 42.4 Å². The molecule has 1 saturated heterocycles. The molecule has 0 spiro atoms. The predicted molar refractivity (Wildman–Crippen MR) is 88.2 cm³/mol. The Morgan fingerprint density at radius 1 is 1.36 bits per heavy atom. The third-order valence-electron chi connectivity index (χ3n) is 4.77. The molecule has 4 heterocycles. The highest BCUT2D eigenvalue weighted by atomic mass is 16.5. The van der Waals surface area contributed by atoms with Gasteiger partial charge in [-0.15, -0.1) is 0 Å². The molecule has 3 aromatic rings. The molecule has 4 rings (SSSR count). The van der Waals surface area contributed by atoms with Gasteiger partial charge in [-0.25, -0.2) is 4.98 Å². The van der Waals surface area contributed by atoms with Crippen LogP contribution in [0.5, 0.6) is 0 Å². The molecule has 1 aliphatic rings. The number of likely N-dealkylation sites (tertiary alicyclic amines) is 1. The minimum atomic E-state index is -0.516. The van der Waals surface area contributed by atoms with Gasteiger partial charge in [-0.3, -0.25) is 4.90 Å². The fourth-order valence-corrected chi connectivity index (χ4v) is 3.32. The molecule has 25 heavy (non-hydrogen) atoms. The number of imidazole rings is 1. The lowest BCUT2D eigenvalue weighted by molar-refractivity contribution is 0.0484. The first kappa shape index (κ1) is 16.0. The van der Waals surface area contributed by atoms with E-state index in [2.05, 4.69) is 20.0 Å². The van der Waals surface area contributed by atoms with Crippen molar-refractivity contribution in [3.63, 3.8) is 0 Å². The Labute approximate surface area is 145 Å². The number of piperidine rings is 1. The van der Waals surface area contributed by atoms with Gasteiger partial charge >= 0.3 is 0 Å². The number of furan rings is 1. The van der Waals surface area contributed by atoms with Gasteiger partial charge in [0, 0.05) is 19.4 Å². The molecule has 1 aliphatic heterocycles.